The van der Waals surface area contributed by atoms with E-state index < -0.39 is 0 Å². The molecule has 100 valence electrons. The Labute approximate surface area is 109 Å². The molecule has 1 unspecified atom stereocenters. The molecule has 2 rings (SSSR count). The third kappa shape index (κ3) is 2.74. The average molecular weight is 250 g/mol. The number of rotatable bonds is 3. The highest BCUT2D eigenvalue weighted by atomic mass is 16.2. The van der Waals surface area contributed by atoms with Gasteiger partial charge in [0.1, 0.15) is 6.04 Å². The van der Waals surface area contributed by atoms with Crippen molar-refractivity contribution in [1.82, 2.24) is 9.80 Å². The lowest BCUT2D eigenvalue weighted by atomic mass is 10.0. The summed E-state index contributed by atoms with van der Waals surface area (Å²) in [6.07, 6.45) is 8.36. The van der Waals surface area contributed by atoms with Gasteiger partial charge in [0, 0.05) is 26.1 Å². The maximum atomic E-state index is 12.4. The summed E-state index contributed by atoms with van der Waals surface area (Å²) in [5, 5.41) is 0. The third-order valence-corrected chi connectivity index (χ3v) is 3.82. The first kappa shape index (κ1) is 13.1. The summed E-state index contributed by atoms with van der Waals surface area (Å²) in [5.41, 5.74) is 0. The zero-order valence-electron chi connectivity index (χ0n) is 11.1. The van der Waals surface area contributed by atoms with Gasteiger partial charge in [-0.1, -0.05) is 12.2 Å². The quantitative estimate of drug-likeness (QED) is 0.713. The maximum absolute atomic E-state index is 12.4. The molecular weight excluding hydrogens is 228 g/mol. The minimum absolute atomic E-state index is 0.154. The van der Waals surface area contributed by atoms with Crippen LogP contribution in [0.1, 0.15) is 39.0 Å². The van der Waals surface area contributed by atoms with E-state index in [0.29, 0.717) is 13.0 Å². The summed E-state index contributed by atoms with van der Waals surface area (Å²) in [5.74, 6) is 0.312. The highest BCUT2D eigenvalue weighted by Crippen LogP contribution is 2.22. The molecule has 4 heteroatoms. The number of fused-ring (bicyclic) bond motifs is 1. The number of piperidine rings is 1. The average Bonchev–Trinajstić information content (AvgIpc) is 2.52. The summed E-state index contributed by atoms with van der Waals surface area (Å²) in [4.78, 5) is 28.1. The minimum atomic E-state index is -0.181. The Kier molecular flexibility index (Phi) is 4.39. The second-order valence-corrected chi connectivity index (χ2v) is 5.03. The highest BCUT2D eigenvalue weighted by Gasteiger charge is 2.37. The fourth-order valence-electron chi connectivity index (χ4n) is 2.80. The van der Waals surface area contributed by atoms with Crippen molar-refractivity contribution in [1.29, 1.82) is 0 Å². The van der Waals surface area contributed by atoms with Crippen molar-refractivity contribution in [3.63, 3.8) is 0 Å². The van der Waals surface area contributed by atoms with Gasteiger partial charge in [-0.05, 0) is 32.6 Å². The van der Waals surface area contributed by atoms with Gasteiger partial charge in [0.15, 0.2) is 0 Å². The van der Waals surface area contributed by atoms with E-state index in [2.05, 4.69) is 6.08 Å². The maximum Gasteiger partial charge on any atom is 0.245 e. The number of hydrogen-bond donors (Lipinski definition) is 0. The van der Waals surface area contributed by atoms with E-state index in [9.17, 15) is 9.59 Å². The number of carbonyl (C=O) groups is 2. The van der Waals surface area contributed by atoms with Crippen LogP contribution in [-0.4, -0.2) is 47.3 Å². The molecule has 0 aromatic rings. The molecule has 2 aliphatic rings. The van der Waals surface area contributed by atoms with Gasteiger partial charge in [-0.2, -0.15) is 0 Å². The van der Waals surface area contributed by atoms with E-state index in [1.54, 1.807) is 0 Å². The van der Waals surface area contributed by atoms with Crippen LogP contribution in [0.5, 0.6) is 0 Å². The lowest BCUT2D eigenvalue weighted by Gasteiger charge is -2.34. The van der Waals surface area contributed by atoms with Crippen LogP contribution < -0.4 is 0 Å². The summed E-state index contributed by atoms with van der Waals surface area (Å²) < 4.78 is 0. The number of allylic oxidation sites excluding steroid dienone is 1. The fraction of sp³-hybridized carbons (Fsp3) is 0.714. The van der Waals surface area contributed by atoms with Gasteiger partial charge in [0.2, 0.25) is 11.8 Å². The summed E-state index contributed by atoms with van der Waals surface area (Å²) >= 11 is 0. The molecule has 0 N–H and O–H groups in total. The van der Waals surface area contributed by atoms with E-state index >= 15 is 0 Å². The summed E-state index contributed by atoms with van der Waals surface area (Å²) in [7, 11) is 0. The first-order valence-corrected chi connectivity index (χ1v) is 6.93. The normalized spacial score (nSPS) is 25.5. The van der Waals surface area contributed by atoms with E-state index in [1.165, 1.54) is 0 Å². The zero-order chi connectivity index (χ0) is 13.0. The van der Waals surface area contributed by atoms with Crippen molar-refractivity contribution < 1.29 is 9.59 Å². The Balaban J connectivity index is 2.05. The largest absolute Gasteiger partial charge is 0.340 e. The molecule has 2 fully saturated rings. The molecule has 2 aliphatic heterocycles. The second-order valence-electron chi connectivity index (χ2n) is 5.03. The van der Waals surface area contributed by atoms with Crippen molar-refractivity contribution >= 4 is 11.8 Å². The SMILES string of the molecule is C/C=C/CCN1CCC(=O)N2CCCCC2C1=O. The van der Waals surface area contributed by atoms with Gasteiger partial charge in [0.05, 0.1) is 0 Å². The molecule has 1 atom stereocenters. The van der Waals surface area contributed by atoms with Crippen LogP contribution in [0, 0.1) is 0 Å². The summed E-state index contributed by atoms with van der Waals surface area (Å²) in [6.45, 7) is 4.07. The second kappa shape index (κ2) is 6.03. The van der Waals surface area contributed by atoms with E-state index in [-0.39, 0.29) is 17.9 Å². The molecule has 2 amide bonds. The van der Waals surface area contributed by atoms with Gasteiger partial charge < -0.3 is 9.80 Å². The van der Waals surface area contributed by atoms with Crippen LogP contribution in [0.15, 0.2) is 12.2 Å². The molecule has 2 saturated heterocycles. The van der Waals surface area contributed by atoms with Crippen LogP contribution in [0.3, 0.4) is 0 Å². The predicted molar refractivity (Wildman–Crippen MR) is 70.0 cm³/mol. The molecule has 0 saturated carbocycles. The smallest absolute Gasteiger partial charge is 0.245 e. The van der Waals surface area contributed by atoms with Crippen molar-refractivity contribution in [2.45, 2.75) is 45.1 Å². The molecular formula is C14H22N2O2. The highest BCUT2D eigenvalue weighted by molar-refractivity contribution is 5.90. The van der Waals surface area contributed by atoms with Gasteiger partial charge in [-0.25, -0.2) is 0 Å². The Hall–Kier alpha value is -1.32. The number of carbonyl (C=O) groups excluding carboxylic acids is 2. The van der Waals surface area contributed by atoms with Gasteiger partial charge >= 0.3 is 0 Å². The molecule has 2 heterocycles. The minimum Gasteiger partial charge on any atom is -0.340 e. The monoisotopic (exact) mass is 250 g/mol. The van der Waals surface area contributed by atoms with Crippen LogP contribution >= 0.6 is 0 Å². The van der Waals surface area contributed by atoms with E-state index in [1.807, 2.05) is 22.8 Å². The molecule has 4 nitrogen and oxygen atoms in total. The molecule has 18 heavy (non-hydrogen) atoms. The Bertz CT molecular complexity index is 352. The Morgan fingerprint density at radius 3 is 2.89 bits per heavy atom. The third-order valence-electron chi connectivity index (χ3n) is 3.82. The van der Waals surface area contributed by atoms with Crippen molar-refractivity contribution in [2.24, 2.45) is 0 Å². The molecule has 0 bridgehead atoms. The van der Waals surface area contributed by atoms with Crippen LogP contribution in [0.4, 0.5) is 0 Å². The first-order chi connectivity index (χ1) is 8.74. The summed E-state index contributed by atoms with van der Waals surface area (Å²) in [6, 6.07) is -0.181. The standard InChI is InChI=1S/C14H22N2O2/c1-2-3-5-9-15-11-8-13(17)16-10-6-4-7-12(16)14(15)18/h2-3,12H,4-11H2,1H3/b3-2+. The van der Waals surface area contributed by atoms with Crippen LogP contribution in [-0.2, 0) is 9.59 Å². The number of hydrogen-bond acceptors (Lipinski definition) is 2. The Morgan fingerprint density at radius 1 is 1.28 bits per heavy atom. The predicted octanol–water partition coefficient (Wildman–Crippen LogP) is 1.57. The van der Waals surface area contributed by atoms with Gasteiger partial charge in [-0.15, -0.1) is 0 Å². The van der Waals surface area contributed by atoms with Gasteiger partial charge in [0.25, 0.3) is 0 Å². The van der Waals surface area contributed by atoms with Crippen LogP contribution in [0.25, 0.3) is 0 Å². The van der Waals surface area contributed by atoms with Crippen molar-refractivity contribution in [3.8, 4) is 0 Å². The molecule has 0 spiro atoms. The van der Waals surface area contributed by atoms with Crippen LogP contribution in [0.2, 0.25) is 0 Å². The number of amides is 2. The lowest BCUT2D eigenvalue weighted by Crippen LogP contribution is -2.49. The van der Waals surface area contributed by atoms with Gasteiger partial charge in [-0.3, -0.25) is 9.59 Å². The molecule has 0 aromatic carbocycles. The fourth-order valence-corrected chi connectivity index (χ4v) is 2.80. The number of nitrogens with zero attached hydrogens (tertiary/aromatic N) is 2. The van der Waals surface area contributed by atoms with E-state index in [4.69, 9.17) is 0 Å². The lowest BCUT2D eigenvalue weighted by molar-refractivity contribution is -0.143. The van der Waals surface area contributed by atoms with Crippen molar-refractivity contribution in [2.75, 3.05) is 19.6 Å². The molecule has 0 radical (unpaired) electrons. The van der Waals surface area contributed by atoms with E-state index in [0.717, 1.165) is 38.8 Å². The topological polar surface area (TPSA) is 40.6 Å². The van der Waals surface area contributed by atoms with Crippen molar-refractivity contribution in [3.05, 3.63) is 12.2 Å². The molecule has 0 aromatic heterocycles. The zero-order valence-corrected chi connectivity index (χ0v) is 11.1. The first-order valence-electron chi connectivity index (χ1n) is 6.93. The molecule has 0 aliphatic carbocycles. The Morgan fingerprint density at radius 2 is 2.11 bits per heavy atom.